The van der Waals surface area contributed by atoms with E-state index in [1.165, 1.54) is 16.9 Å². The molecule has 4 rings (SSSR count). The summed E-state index contributed by atoms with van der Waals surface area (Å²) >= 11 is 7.68. The predicted octanol–water partition coefficient (Wildman–Crippen LogP) is 5.90. The van der Waals surface area contributed by atoms with E-state index < -0.39 is 0 Å². The maximum atomic E-state index is 12.6. The van der Waals surface area contributed by atoms with Crippen molar-refractivity contribution < 1.29 is 9.21 Å². The van der Waals surface area contributed by atoms with Gasteiger partial charge in [-0.15, -0.1) is 16.4 Å². The van der Waals surface area contributed by atoms with Crippen molar-refractivity contribution in [3.63, 3.8) is 0 Å². The smallest absolute Gasteiger partial charge is 0.322 e. The molecule has 0 aliphatic carbocycles. The number of carbonyl (C=O) groups excluding carboxylic acids is 1. The first-order valence-electron chi connectivity index (χ1n) is 8.91. The van der Waals surface area contributed by atoms with E-state index in [-0.39, 0.29) is 11.9 Å². The minimum Gasteiger partial charge on any atom is -0.407 e. The van der Waals surface area contributed by atoms with E-state index in [9.17, 15) is 4.79 Å². The van der Waals surface area contributed by atoms with Crippen LogP contribution in [0.2, 0.25) is 5.02 Å². The lowest BCUT2D eigenvalue weighted by Gasteiger charge is -2.05. The second-order valence-electron chi connectivity index (χ2n) is 6.77. The van der Waals surface area contributed by atoms with E-state index in [1.54, 1.807) is 0 Å². The van der Waals surface area contributed by atoms with Crippen LogP contribution in [0, 0.1) is 0 Å². The van der Waals surface area contributed by atoms with Crippen molar-refractivity contribution in [1.29, 1.82) is 0 Å². The number of anilines is 1. The Morgan fingerprint density at radius 1 is 1.14 bits per heavy atom. The summed E-state index contributed by atoms with van der Waals surface area (Å²) in [4.78, 5) is 13.0. The molecule has 0 atom stereocenters. The fraction of sp³-hybridized carbons (Fsp3) is 0.190. The van der Waals surface area contributed by atoms with Crippen LogP contribution < -0.4 is 5.32 Å². The van der Waals surface area contributed by atoms with Crippen molar-refractivity contribution in [1.82, 2.24) is 10.2 Å². The molecule has 0 aliphatic rings. The van der Waals surface area contributed by atoms with Gasteiger partial charge in [0.25, 0.3) is 5.91 Å². The third-order valence-corrected chi connectivity index (χ3v) is 6.10. The Bertz CT molecular complexity index is 1130. The lowest BCUT2D eigenvalue weighted by atomic mass is 10.0. The van der Waals surface area contributed by atoms with Crippen LogP contribution in [-0.4, -0.2) is 16.1 Å². The van der Waals surface area contributed by atoms with Crippen LogP contribution in [0.4, 0.5) is 6.01 Å². The molecule has 0 saturated carbocycles. The minimum absolute atomic E-state index is 0.0623. The van der Waals surface area contributed by atoms with E-state index in [0.29, 0.717) is 28.1 Å². The molecule has 5 nitrogen and oxygen atoms in total. The van der Waals surface area contributed by atoms with Gasteiger partial charge in [0.15, 0.2) is 0 Å². The molecular formula is C21H18ClN3O2S. The van der Waals surface area contributed by atoms with Gasteiger partial charge in [-0.1, -0.05) is 73.0 Å². The van der Waals surface area contributed by atoms with Gasteiger partial charge in [-0.05, 0) is 23.1 Å². The van der Waals surface area contributed by atoms with E-state index in [1.807, 2.05) is 24.3 Å². The second kappa shape index (κ2) is 7.73. The molecule has 0 fully saturated rings. The Balaban J connectivity index is 1.46. The Labute approximate surface area is 171 Å². The van der Waals surface area contributed by atoms with Gasteiger partial charge in [0, 0.05) is 10.1 Å². The molecule has 2 aromatic heterocycles. The van der Waals surface area contributed by atoms with Gasteiger partial charge in [-0.3, -0.25) is 10.1 Å². The number of fused-ring (bicyclic) bond motifs is 1. The van der Waals surface area contributed by atoms with Gasteiger partial charge in [-0.2, -0.15) is 0 Å². The quantitative estimate of drug-likeness (QED) is 0.443. The first-order chi connectivity index (χ1) is 13.5. The Morgan fingerprint density at radius 2 is 1.89 bits per heavy atom. The zero-order chi connectivity index (χ0) is 19.7. The fourth-order valence-electron chi connectivity index (χ4n) is 2.88. The van der Waals surface area contributed by atoms with Gasteiger partial charge < -0.3 is 4.42 Å². The second-order valence-corrected chi connectivity index (χ2v) is 8.20. The molecule has 0 saturated heterocycles. The summed E-state index contributed by atoms with van der Waals surface area (Å²) in [6.45, 7) is 4.32. The van der Waals surface area contributed by atoms with Gasteiger partial charge in [0.1, 0.15) is 4.88 Å². The summed E-state index contributed by atoms with van der Waals surface area (Å²) < 4.78 is 6.53. The summed E-state index contributed by atoms with van der Waals surface area (Å²) in [7, 11) is 0. The molecule has 1 amide bonds. The molecule has 7 heteroatoms. The number of benzene rings is 2. The number of rotatable bonds is 5. The molecule has 2 heterocycles. The third kappa shape index (κ3) is 3.79. The van der Waals surface area contributed by atoms with Crippen LogP contribution in [-0.2, 0) is 6.42 Å². The Morgan fingerprint density at radius 3 is 2.61 bits per heavy atom. The number of halogens is 1. The molecule has 0 aliphatic heterocycles. The minimum atomic E-state index is -0.359. The molecule has 4 aromatic rings. The Kier molecular flexibility index (Phi) is 5.15. The summed E-state index contributed by atoms with van der Waals surface area (Å²) in [5.74, 6) is 0.567. The molecule has 0 radical (unpaired) electrons. The van der Waals surface area contributed by atoms with E-state index >= 15 is 0 Å². The van der Waals surface area contributed by atoms with E-state index in [0.717, 1.165) is 15.6 Å². The summed E-state index contributed by atoms with van der Waals surface area (Å²) in [5.41, 5.74) is 2.35. The van der Waals surface area contributed by atoms with Crippen molar-refractivity contribution in [2.75, 3.05) is 5.32 Å². The van der Waals surface area contributed by atoms with Gasteiger partial charge in [0.2, 0.25) is 5.89 Å². The molecule has 0 bridgehead atoms. The first kappa shape index (κ1) is 18.7. The van der Waals surface area contributed by atoms with Crippen molar-refractivity contribution in [2.24, 2.45) is 0 Å². The third-order valence-electron chi connectivity index (χ3n) is 4.43. The number of thiophene rings is 1. The highest BCUT2D eigenvalue weighted by Gasteiger charge is 2.19. The summed E-state index contributed by atoms with van der Waals surface area (Å²) in [6, 6.07) is 16.0. The highest BCUT2D eigenvalue weighted by atomic mass is 35.5. The number of hydrogen-bond acceptors (Lipinski definition) is 5. The van der Waals surface area contributed by atoms with Crippen LogP contribution in [0.15, 0.2) is 52.9 Å². The van der Waals surface area contributed by atoms with Crippen LogP contribution in [0.3, 0.4) is 0 Å². The highest BCUT2D eigenvalue weighted by molar-refractivity contribution is 7.21. The van der Waals surface area contributed by atoms with Crippen molar-refractivity contribution in [3.05, 3.63) is 75.4 Å². The number of nitrogens with zero attached hydrogens (tertiary/aromatic N) is 2. The van der Waals surface area contributed by atoms with Gasteiger partial charge >= 0.3 is 6.01 Å². The summed E-state index contributed by atoms with van der Waals surface area (Å²) in [6.07, 6.45) is 0.505. The standard InChI is InChI=1S/C21H18ClN3O2S/c1-12(2)14-9-7-13(8-10-14)11-17-24-25-21(27-17)23-20(26)19-18(22)15-5-3-4-6-16(15)28-19/h3-10,12H,11H2,1-2H3,(H,23,25,26). The predicted molar refractivity (Wildman–Crippen MR) is 112 cm³/mol. The number of aromatic nitrogens is 2. The largest absolute Gasteiger partial charge is 0.407 e. The molecule has 1 N–H and O–H groups in total. The molecule has 28 heavy (non-hydrogen) atoms. The topological polar surface area (TPSA) is 68.0 Å². The lowest BCUT2D eigenvalue weighted by Crippen LogP contribution is -2.10. The monoisotopic (exact) mass is 411 g/mol. The fourth-order valence-corrected chi connectivity index (χ4v) is 4.30. The lowest BCUT2D eigenvalue weighted by molar-refractivity contribution is 0.102. The van der Waals surface area contributed by atoms with Crippen molar-refractivity contribution >= 4 is 44.9 Å². The zero-order valence-corrected chi connectivity index (χ0v) is 17.0. The van der Waals surface area contributed by atoms with Gasteiger partial charge in [0.05, 0.1) is 11.4 Å². The van der Waals surface area contributed by atoms with Crippen molar-refractivity contribution in [3.8, 4) is 0 Å². The number of nitrogens with one attached hydrogen (secondary N) is 1. The maximum Gasteiger partial charge on any atom is 0.322 e. The normalized spacial score (nSPS) is 11.3. The van der Waals surface area contributed by atoms with Crippen LogP contribution >= 0.6 is 22.9 Å². The number of carbonyl (C=O) groups is 1. The molecule has 0 spiro atoms. The average Bonchev–Trinajstić information content (AvgIpc) is 3.26. The summed E-state index contributed by atoms with van der Waals surface area (Å²) in [5, 5.41) is 11.9. The molecular weight excluding hydrogens is 394 g/mol. The maximum absolute atomic E-state index is 12.6. The molecule has 142 valence electrons. The zero-order valence-electron chi connectivity index (χ0n) is 15.4. The van der Waals surface area contributed by atoms with Crippen molar-refractivity contribution in [2.45, 2.75) is 26.2 Å². The van der Waals surface area contributed by atoms with Crippen LogP contribution in [0.25, 0.3) is 10.1 Å². The number of amides is 1. The van der Waals surface area contributed by atoms with Crippen LogP contribution in [0.1, 0.15) is 46.5 Å². The number of hydrogen-bond donors (Lipinski definition) is 1. The highest BCUT2D eigenvalue weighted by Crippen LogP contribution is 2.35. The molecule has 0 unspecified atom stereocenters. The Hall–Kier alpha value is -2.70. The molecule has 2 aromatic carbocycles. The van der Waals surface area contributed by atoms with E-state index in [2.05, 4.69) is 53.6 Å². The first-order valence-corrected chi connectivity index (χ1v) is 10.1. The van der Waals surface area contributed by atoms with Crippen LogP contribution in [0.5, 0.6) is 0 Å². The van der Waals surface area contributed by atoms with Gasteiger partial charge in [-0.25, -0.2) is 0 Å². The van der Waals surface area contributed by atoms with E-state index in [4.69, 9.17) is 16.0 Å². The average molecular weight is 412 g/mol. The SMILES string of the molecule is CC(C)c1ccc(Cc2nnc(NC(=O)c3sc4ccccc4c3Cl)o2)cc1.